The molecule has 2 aliphatic heterocycles. The SMILES string of the molecule is CN(C(=O)Cc1ccccc1Br)C1CC2CCC(C1)N2.Cl. The van der Waals surface area contributed by atoms with E-state index >= 15 is 0 Å². The summed E-state index contributed by atoms with van der Waals surface area (Å²) in [7, 11) is 1.97. The number of nitrogens with one attached hydrogen (secondary N) is 1. The van der Waals surface area contributed by atoms with Crippen molar-refractivity contribution in [1.29, 1.82) is 0 Å². The van der Waals surface area contributed by atoms with Crippen molar-refractivity contribution in [2.75, 3.05) is 7.05 Å². The number of nitrogens with zero attached hydrogens (tertiary/aromatic N) is 1. The Kier molecular flexibility index (Phi) is 5.69. The van der Waals surface area contributed by atoms with Crippen LogP contribution in [0.15, 0.2) is 28.7 Å². The Bertz CT molecular complexity index is 499. The van der Waals surface area contributed by atoms with Gasteiger partial charge in [0.15, 0.2) is 0 Å². The zero-order chi connectivity index (χ0) is 14.1. The Morgan fingerprint density at radius 2 is 1.90 bits per heavy atom. The van der Waals surface area contributed by atoms with E-state index in [4.69, 9.17) is 0 Å². The fourth-order valence-corrected chi connectivity index (χ4v) is 3.90. The summed E-state index contributed by atoms with van der Waals surface area (Å²) in [6.07, 6.45) is 5.24. The predicted octanol–water partition coefficient (Wildman–Crippen LogP) is 3.15. The smallest absolute Gasteiger partial charge is 0.227 e. The first-order chi connectivity index (χ1) is 9.63. The number of carbonyl (C=O) groups excluding carboxylic acids is 1. The highest BCUT2D eigenvalue weighted by molar-refractivity contribution is 9.10. The van der Waals surface area contributed by atoms with E-state index in [9.17, 15) is 4.79 Å². The molecule has 1 aromatic carbocycles. The molecule has 0 aliphatic carbocycles. The molecule has 1 N–H and O–H groups in total. The second kappa shape index (κ2) is 7.12. The highest BCUT2D eigenvalue weighted by Gasteiger charge is 2.36. The van der Waals surface area contributed by atoms with Crippen molar-refractivity contribution in [2.45, 2.75) is 50.2 Å². The molecule has 0 spiro atoms. The van der Waals surface area contributed by atoms with Gasteiger partial charge >= 0.3 is 0 Å². The van der Waals surface area contributed by atoms with Gasteiger partial charge in [0.1, 0.15) is 0 Å². The quantitative estimate of drug-likeness (QED) is 0.882. The van der Waals surface area contributed by atoms with Crippen LogP contribution in [-0.2, 0) is 11.2 Å². The van der Waals surface area contributed by atoms with Crippen LogP contribution in [0, 0.1) is 0 Å². The number of hydrogen-bond acceptors (Lipinski definition) is 2. The molecule has 5 heteroatoms. The maximum Gasteiger partial charge on any atom is 0.227 e. The molecule has 2 saturated heterocycles. The predicted molar refractivity (Wildman–Crippen MR) is 90.8 cm³/mol. The van der Waals surface area contributed by atoms with E-state index in [2.05, 4.69) is 21.2 Å². The van der Waals surface area contributed by atoms with Crippen LogP contribution < -0.4 is 5.32 Å². The Labute approximate surface area is 141 Å². The van der Waals surface area contributed by atoms with Crippen LogP contribution >= 0.6 is 28.3 Å². The highest BCUT2D eigenvalue weighted by atomic mass is 79.9. The van der Waals surface area contributed by atoms with Crippen molar-refractivity contribution >= 4 is 34.2 Å². The van der Waals surface area contributed by atoms with E-state index < -0.39 is 0 Å². The number of likely N-dealkylation sites (N-methyl/N-ethyl adjacent to an activating group) is 1. The van der Waals surface area contributed by atoms with Crippen molar-refractivity contribution in [3.8, 4) is 0 Å². The van der Waals surface area contributed by atoms with Crippen LogP contribution in [0.5, 0.6) is 0 Å². The van der Waals surface area contributed by atoms with Crippen LogP contribution in [-0.4, -0.2) is 36.0 Å². The van der Waals surface area contributed by atoms with Gasteiger partial charge in [-0.25, -0.2) is 0 Å². The summed E-state index contributed by atoms with van der Waals surface area (Å²) in [5.41, 5.74) is 1.07. The number of carbonyl (C=O) groups is 1. The molecule has 0 radical (unpaired) electrons. The van der Waals surface area contributed by atoms with E-state index in [0.717, 1.165) is 22.9 Å². The molecule has 1 amide bonds. The molecule has 2 atom stereocenters. The third-order valence-electron chi connectivity index (χ3n) is 4.69. The lowest BCUT2D eigenvalue weighted by atomic mass is 9.98. The number of hydrogen-bond donors (Lipinski definition) is 1. The fourth-order valence-electron chi connectivity index (χ4n) is 3.48. The summed E-state index contributed by atoms with van der Waals surface area (Å²) < 4.78 is 1.02. The number of rotatable bonds is 3. The van der Waals surface area contributed by atoms with Crippen molar-refractivity contribution in [2.24, 2.45) is 0 Å². The molecular weight excluding hydrogens is 352 g/mol. The van der Waals surface area contributed by atoms with Gasteiger partial charge in [-0.3, -0.25) is 4.79 Å². The topological polar surface area (TPSA) is 32.3 Å². The van der Waals surface area contributed by atoms with Crippen LogP contribution in [0.2, 0.25) is 0 Å². The standard InChI is InChI=1S/C16H21BrN2O.ClH/c1-19(14-9-12-6-7-13(10-14)18-12)16(20)8-11-4-2-3-5-15(11)17;/h2-5,12-14,18H,6-10H2,1H3;1H. The third kappa shape index (κ3) is 3.79. The van der Waals surface area contributed by atoms with E-state index in [1.54, 1.807) is 0 Å². The zero-order valence-corrected chi connectivity index (χ0v) is 14.6. The number of fused-ring (bicyclic) bond motifs is 2. The minimum Gasteiger partial charge on any atom is -0.342 e. The number of halogens is 2. The highest BCUT2D eigenvalue weighted by Crippen LogP contribution is 2.29. The first kappa shape index (κ1) is 16.8. The Balaban J connectivity index is 0.00000161. The Morgan fingerprint density at radius 3 is 2.52 bits per heavy atom. The lowest BCUT2D eigenvalue weighted by molar-refractivity contribution is -0.131. The van der Waals surface area contributed by atoms with E-state index in [1.807, 2.05) is 36.2 Å². The average molecular weight is 374 g/mol. The number of piperidine rings is 1. The maximum atomic E-state index is 12.5. The van der Waals surface area contributed by atoms with Crippen LogP contribution in [0.25, 0.3) is 0 Å². The average Bonchev–Trinajstić information content (AvgIpc) is 2.79. The van der Waals surface area contributed by atoms with Gasteiger partial charge in [-0.05, 0) is 37.3 Å². The molecule has 3 nitrogen and oxygen atoms in total. The first-order valence-corrected chi connectivity index (χ1v) is 8.18. The summed E-state index contributed by atoms with van der Waals surface area (Å²) in [4.78, 5) is 14.5. The Hall–Kier alpha value is -0.580. The molecule has 3 rings (SSSR count). The van der Waals surface area contributed by atoms with Crippen molar-refractivity contribution < 1.29 is 4.79 Å². The van der Waals surface area contributed by atoms with Crippen LogP contribution in [0.3, 0.4) is 0 Å². The van der Waals surface area contributed by atoms with Gasteiger partial charge in [-0.2, -0.15) is 0 Å². The fraction of sp³-hybridized carbons (Fsp3) is 0.562. The van der Waals surface area contributed by atoms with Gasteiger partial charge in [-0.15, -0.1) is 12.4 Å². The summed E-state index contributed by atoms with van der Waals surface area (Å²) in [6.45, 7) is 0. The minimum absolute atomic E-state index is 0. The molecule has 0 aromatic heterocycles. The first-order valence-electron chi connectivity index (χ1n) is 7.38. The summed E-state index contributed by atoms with van der Waals surface area (Å²) >= 11 is 3.52. The molecular formula is C16H22BrClN2O. The minimum atomic E-state index is 0. The van der Waals surface area contributed by atoms with Gasteiger partial charge in [-0.1, -0.05) is 34.1 Å². The normalized spacial score (nSPS) is 27.0. The van der Waals surface area contributed by atoms with Crippen molar-refractivity contribution in [3.63, 3.8) is 0 Å². The molecule has 1 aromatic rings. The van der Waals surface area contributed by atoms with Crippen molar-refractivity contribution in [3.05, 3.63) is 34.3 Å². The molecule has 2 fully saturated rings. The second-order valence-electron chi connectivity index (χ2n) is 6.04. The van der Waals surface area contributed by atoms with Gasteiger partial charge < -0.3 is 10.2 Å². The maximum absolute atomic E-state index is 12.5. The molecule has 2 heterocycles. The summed E-state index contributed by atoms with van der Waals surface area (Å²) in [5.74, 6) is 0.225. The molecule has 0 saturated carbocycles. The largest absolute Gasteiger partial charge is 0.342 e. The van der Waals surface area contributed by atoms with Crippen LogP contribution in [0.1, 0.15) is 31.2 Å². The van der Waals surface area contributed by atoms with Crippen LogP contribution in [0.4, 0.5) is 0 Å². The number of benzene rings is 1. The second-order valence-corrected chi connectivity index (χ2v) is 6.89. The molecule has 2 aliphatic rings. The van der Waals surface area contributed by atoms with Crippen molar-refractivity contribution in [1.82, 2.24) is 10.2 Å². The lowest BCUT2D eigenvalue weighted by Crippen LogP contribution is -2.49. The molecule has 116 valence electrons. The Morgan fingerprint density at radius 1 is 1.29 bits per heavy atom. The lowest BCUT2D eigenvalue weighted by Gasteiger charge is -2.35. The van der Waals surface area contributed by atoms with Gasteiger partial charge in [0, 0.05) is 29.6 Å². The van der Waals surface area contributed by atoms with E-state index in [-0.39, 0.29) is 18.3 Å². The summed E-state index contributed by atoms with van der Waals surface area (Å²) in [6, 6.07) is 9.62. The van der Waals surface area contributed by atoms with E-state index in [1.165, 1.54) is 12.8 Å². The molecule has 2 bridgehead atoms. The summed E-state index contributed by atoms with van der Waals surface area (Å²) in [5, 5.41) is 3.63. The molecule has 2 unspecified atom stereocenters. The zero-order valence-electron chi connectivity index (χ0n) is 12.2. The van der Waals surface area contributed by atoms with E-state index in [0.29, 0.717) is 24.5 Å². The van der Waals surface area contributed by atoms with Gasteiger partial charge in [0.25, 0.3) is 0 Å². The van der Waals surface area contributed by atoms with Gasteiger partial charge in [0.2, 0.25) is 5.91 Å². The van der Waals surface area contributed by atoms with Gasteiger partial charge in [0.05, 0.1) is 6.42 Å². The third-order valence-corrected chi connectivity index (χ3v) is 5.46. The number of amides is 1. The molecule has 21 heavy (non-hydrogen) atoms. The monoisotopic (exact) mass is 372 g/mol.